The van der Waals surface area contributed by atoms with E-state index in [0.717, 1.165) is 5.56 Å². The quantitative estimate of drug-likeness (QED) is 0.840. The minimum absolute atomic E-state index is 0.0948. The summed E-state index contributed by atoms with van der Waals surface area (Å²) in [5.41, 5.74) is 1.45. The lowest BCUT2D eigenvalue weighted by atomic mass is 9.89. The third-order valence-electron chi connectivity index (χ3n) is 3.79. The van der Waals surface area contributed by atoms with E-state index in [2.05, 4.69) is 5.32 Å². The van der Waals surface area contributed by atoms with E-state index in [4.69, 9.17) is 5.11 Å². The molecule has 6 heteroatoms. The van der Waals surface area contributed by atoms with Gasteiger partial charge in [0.2, 0.25) is 11.8 Å². The number of carboxylic acid groups (broad SMARTS) is 1. The third kappa shape index (κ3) is 4.31. The molecule has 1 unspecified atom stereocenters. The monoisotopic (exact) mass is 318 g/mol. The number of aliphatic carboxylic acids is 1. The second-order valence-corrected chi connectivity index (χ2v) is 6.21. The average molecular weight is 318 g/mol. The number of hydrogen-bond acceptors (Lipinski definition) is 3. The molecular formula is C17H22N2O4. The van der Waals surface area contributed by atoms with Gasteiger partial charge in [0.15, 0.2) is 0 Å². The Kier molecular flexibility index (Phi) is 5.36. The van der Waals surface area contributed by atoms with Crippen molar-refractivity contribution in [2.45, 2.75) is 32.6 Å². The first-order valence-electron chi connectivity index (χ1n) is 7.78. The average Bonchev–Trinajstić information content (AvgIpc) is 2.49. The van der Waals surface area contributed by atoms with E-state index in [1.165, 1.54) is 0 Å². The van der Waals surface area contributed by atoms with Gasteiger partial charge in [0, 0.05) is 25.2 Å². The van der Waals surface area contributed by atoms with Gasteiger partial charge in [-0.25, -0.2) is 0 Å². The van der Waals surface area contributed by atoms with Crippen molar-refractivity contribution < 1.29 is 19.5 Å². The Hall–Kier alpha value is -2.37. The number of carbonyl (C=O) groups excluding carboxylic acids is 2. The lowest BCUT2D eigenvalue weighted by Gasteiger charge is -2.31. The molecule has 1 atom stereocenters. The fourth-order valence-electron chi connectivity index (χ4n) is 2.81. The van der Waals surface area contributed by atoms with E-state index in [1.54, 1.807) is 11.0 Å². The number of anilines is 1. The largest absolute Gasteiger partial charge is 0.481 e. The normalized spacial score (nSPS) is 16.7. The molecule has 0 aromatic heterocycles. The Bertz CT molecular complexity index is 612. The number of para-hydroxylation sites is 1. The van der Waals surface area contributed by atoms with Crippen molar-refractivity contribution in [3.8, 4) is 0 Å². The van der Waals surface area contributed by atoms with Crippen LogP contribution >= 0.6 is 0 Å². The zero-order valence-electron chi connectivity index (χ0n) is 13.4. The van der Waals surface area contributed by atoms with Crippen LogP contribution in [0, 0.1) is 5.92 Å². The van der Waals surface area contributed by atoms with Gasteiger partial charge < -0.3 is 15.3 Å². The number of benzene rings is 1. The number of nitrogens with zero attached hydrogens (tertiary/aromatic N) is 1. The van der Waals surface area contributed by atoms with Gasteiger partial charge in [-0.2, -0.15) is 0 Å². The lowest BCUT2D eigenvalue weighted by molar-refractivity contribution is -0.140. The fourth-order valence-corrected chi connectivity index (χ4v) is 2.81. The molecule has 1 aliphatic rings. The van der Waals surface area contributed by atoms with Gasteiger partial charge >= 0.3 is 5.97 Å². The van der Waals surface area contributed by atoms with Crippen molar-refractivity contribution in [3.63, 3.8) is 0 Å². The first-order chi connectivity index (χ1) is 10.9. The molecule has 0 aliphatic carbocycles. The van der Waals surface area contributed by atoms with Crippen molar-refractivity contribution in [1.29, 1.82) is 0 Å². The molecule has 2 N–H and O–H groups in total. The Balaban J connectivity index is 2.24. The van der Waals surface area contributed by atoms with Crippen LogP contribution in [0.2, 0.25) is 0 Å². The highest BCUT2D eigenvalue weighted by molar-refractivity contribution is 6.01. The maximum Gasteiger partial charge on any atom is 0.305 e. The maximum absolute atomic E-state index is 12.9. The summed E-state index contributed by atoms with van der Waals surface area (Å²) >= 11 is 0. The molecule has 1 aromatic rings. The molecule has 6 nitrogen and oxygen atoms in total. The minimum atomic E-state index is -0.937. The van der Waals surface area contributed by atoms with Crippen LogP contribution in [-0.4, -0.2) is 40.9 Å². The smallest absolute Gasteiger partial charge is 0.305 e. The Morgan fingerprint density at radius 1 is 1.35 bits per heavy atom. The van der Waals surface area contributed by atoms with Crippen LogP contribution < -0.4 is 5.32 Å². The van der Waals surface area contributed by atoms with Crippen LogP contribution in [0.3, 0.4) is 0 Å². The second-order valence-electron chi connectivity index (χ2n) is 6.21. The predicted octanol–water partition coefficient (Wildman–Crippen LogP) is 2.07. The van der Waals surface area contributed by atoms with E-state index < -0.39 is 11.9 Å². The number of hydrogen-bond donors (Lipinski definition) is 2. The van der Waals surface area contributed by atoms with E-state index in [1.807, 2.05) is 32.0 Å². The van der Waals surface area contributed by atoms with E-state index in [0.29, 0.717) is 12.2 Å². The van der Waals surface area contributed by atoms with Crippen molar-refractivity contribution in [3.05, 3.63) is 29.8 Å². The van der Waals surface area contributed by atoms with Gasteiger partial charge in [-0.1, -0.05) is 32.0 Å². The number of fused-ring (bicyclic) bond motifs is 1. The Morgan fingerprint density at radius 3 is 2.70 bits per heavy atom. The first kappa shape index (κ1) is 17.0. The predicted molar refractivity (Wildman–Crippen MR) is 86.1 cm³/mol. The lowest BCUT2D eigenvalue weighted by Crippen LogP contribution is -2.41. The summed E-state index contributed by atoms with van der Waals surface area (Å²) in [6.07, 6.45) is -0.00344. The van der Waals surface area contributed by atoms with Crippen molar-refractivity contribution in [2.75, 3.05) is 18.4 Å². The number of amides is 2. The molecule has 0 saturated carbocycles. The number of carboxylic acids is 1. The summed E-state index contributed by atoms with van der Waals surface area (Å²) in [7, 11) is 0. The van der Waals surface area contributed by atoms with Crippen molar-refractivity contribution >= 4 is 23.5 Å². The zero-order valence-corrected chi connectivity index (χ0v) is 13.4. The number of carbonyl (C=O) groups is 3. The number of nitrogens with one attached hydrogen (secondary N) is 1. The van der Waals surface area contributed by atoms with Gasteiger partial charge in [0.05, 0.1) is 12.3 Å². The van der Waals surface area contributed by atoms with Crippen molar-refractivity contribution in [1.82, 2.24) is 4.90 Å². The SMILES string of the molecule is CC(C)CN(CCC(=O)O)C(=O)C1CC(=O)Nc2ccccc21. The maximum atomic E-state index is 12.9. The summed E-state index contributed by atoms with van der Waals surface area (Å²) in [5.74, 6) is -1.63. The van der Waals surface area contributed by atoms with Crippen molar-refractivity contribution in [2.24, 2.45) is 5.92 Å². The van der Waals surface area contributed by atoms with Gasteiger partial charge in [0.1, 0.15) is 0 Å². The second kappa shape index (κ2) is 7.26. The minimum Gasteiger partial charge on any atom is -0.481 e. The number of rotatable bonds is 6. The molecule has 0 saturated heterocycles. The molecule has 1 heterocycles. The van der Waals surface area contributed by atoms with Gasteiger partial charge in [-0.05, 0) is 17.5 Å². The van der Waals surface area contributed by atoms with Crippen LogP contribution in [-0.2, 0) is 14.4 Å². The summed E-state index contributed by atoms with van der Waals surface area (Å²) in [4.78, 5) is 37.2. The molecule has 1 aromatic carbocycles. The molecule has 1 aliphatic heterocycles. The summed E-state index contributed by atoms with van der Waals surface area (Å²) in [6, 6.07) is 7.25. The highest BCUT2D eigenvalue weighted by Gasteiger charge is 2.33. The molecule has 124 valence electrons. The fraction of sp³-hybridized carbons (Fsp3) is 0.471. The van der Waals surface area contributed by atoms with E-state index in [-0.39, 0.29) is 37.1 Å². The molecule has 0 fully saturated rings. The van der Waals surface area contributed by atoms with Gasteiger partial charge in [-0.3, -0.25) is 14.4 Å². The standard InChI is InChI=1S/C17H22N2O4/c1-11(2)10-19(8-7-16(21)22)17(23)13-9-15(20)18-14-6-4-3-5-12(13)14/h3-6,11,13H,7-10H2,1-2H3,(H,18,20)(H,21,22). The third-order valence-corrected chi connectivity index (χ3v) is 3.79. The van der Waals surface area contributed by atoms with Crippen LogP contribution in [0.25, 0.3) is 0 Å². The van der Waals surface area contributed by atoms with Gasteiger partial charge in [-0.15, -0.1) is 0 Å². The summed E-state index contributed by atoms with van der Waals surface area (Å²) < 4.78 is 0. The Morgan fingerprint density at radius 2 is 2.04 bits per heavy atom. The van der Waals surface area contributed by atoms with Crippen LogP contribution in [0.5, 0.6) is 0 Å². The Labute approximate surface area is 135 Å². The van der Waals surface area contributed by atoms with Gasteiger partial charge in [0.25, 0.3) is 0 Å². The molecule has 0 bridgehead atoms. The molecule has 23 heavy (non-hydrogen) atoms. The first-order valence-corrected chi connectivity index (χ1v) is 7.78. The highest BCUT2D eigenvalue weighted by Crippen LogP contribution is 2.33. The topological polar surface area (TPSA) is 86.7 Å². The van der Waals surface area contributed by atoms with E-state index in [9.17, 15) is 14.4 Å². The summed E-state index contributed by atoms with van der Waals surface area (Å²) in [5, 5.41) is 11.7. The van der Waals surface area contributed by atoms with Crippen LogP contribution in [0.1, 0.15) is 38.2 Å². The molecule has 0 spiro atoms. The van der Waals surface area contributed by atoms with Crippen LogP contribution in [0.4, 0.5) is 5.69 Å². The highest BCUT2D eigenvalue weighted by atomic mass is 16.4. The summed E-state index contributed by atoms with van der Waals surface area (Å²) in [6.45, 7) is 4.59. The molecule has 0 radical (unpaired) electrons. The van der Waals surface area contributed by atoms with E-state index >= 15 is 0 Å². The molecule has 2 amide bonds. The molecular weight excluding hydrogens is 296 g/mol. The zero-order chi connectivity index (χ0) is 17.0. The van der Waals surface area contributed by atoms with Crippen LogP contribution in [0.15, 0.2) is 24.3 Å². The molecule has 2 rings (SSSR count).